The molecule has 1 aliphatic rings. The van der Waals surface area contributed by atoms with Crippen LogP contribution < -0.4 is 11.1 Å². The molecule has 1 amide bonds. The van der Waals surface area contributed by atoms with Crippen molar-refractivity contribution in [3.05, 3.63) is 0 Å². The Hall–Kier alpha value is -1.30. The fourth-order valence-electron chi connectivity index (χ4n) is 1.33. The second-order valence-electron chi connectivity index (χ2n) is 4.41. The minimum atomic E-state index is -0.984. The van der Waals surface area contributed by atoms with Gasteiger partial charge in [0.2, 0.25) is 0 Å². The van der Waals surface area contributed by atoms with Gasteiger partial charge in [0.25, 0.3) is 0 Å². The van der Waals surface area contributed by atoms with Gasteiger partial charge >= 0.3 is 12.1 Å². The molecule has 1 atom stereocenters. The lowest BCUT2D eigenvalue weighted by molar-refractivity contribution is -0.138. The highest BCUT2D eigenvalue weighted by Gasteiger charge is 2.22. The van der Waals surface area contributed by atoms with Crippen LogP contribution in [0.4, 0.5) is 4.79 Å². The van der Waals surface area contributed by atoms with Crippen LogP contribution in [0.1, 0.15) is 32.1 Å². The summed E-state index contributed by atoms with van der Waals surface area (Å²) >= 11 is 0. The molecule has 0 radical (unpaired) electrons. The molecule has 0 heterocycles. The van der Waals surface area contributed by atoms with Crippen LogP contribution in [-0.2, 0) is 9.53 Å². The van der Waals surface area contributed by atoms with Crippen molar-refractivity contribution in [2.45, 2.75) is 38.1 Å². The summed E-state index contributed by atoms with van der Waals surface area (Å²) in [5, 5.41) is 11.2. The van der Waals surface area contributed by atoms with Crippen LogP contribution in [0.25, 0.3) is 0 Å². The molecule has 0 bridgehead atoms. The summed E-state index contributed by atoms with van der Waals surface area (Å²) in [6.45, 7) is 1.01. The highest BCUT2D eigenvalue weighted by atomic mass is 16.5. The molecule has 0 spiro atoms. The van der Waals surface area contributed by atoms with E-state index in [1.54, 1.807) is 0 Å². The van der Waals surface area contributed by atoms with Gasteiger partial charge in [-0.15, -0.1) is 0 Å². The Kier molecular flexibility index (Phi) is 5.76. The van der Waals surface area contributed by atoms with Crippen molar-refractivity contribution in [1.29, 1.82) is 0 Å². The number of unbranched alkanes of at least 4 members (excludes halogenated alkanes) is 1. The van der Waals surface area contributed by atoms with Crippen molar-refractivity contribution in [3.63, 3.8) is 0 Å². The lowest BCUT2D eigenvalue weighted by Crippen LogP contribution is -2.30. The third-order valence-electron chi connectivity index (χ3n) is 2.68. The monoisotopic (exact) mass is 244 g/mol. The van der Waals surface area contributed by atoms with Crippen LogP contribution in [0, 0.1) is 5.92 Å². The number of rotatable bonds is 8. The SMILES string of the molecule is NC(CCCCNC(=O)OCC1CC1)C(=O)O. The number of aliphatic carboxylic acids is 1. The Labute approximate surface area is 101 Å². The van der Waals surface area contributed by atoms with E-state index in [9.17, 15) is 9.59 Å². The minimum Gasteiger partial charge on any atom is -0.480 e. The molecule has 6 heteroatoms. The average Bonchev–Trinajstić information content (AvgIpc) is 3.09. The molecule has 4 N–H and O–H groups in total. The number of hydrogen-bond donors (Lipinski definition) is 3. The highest BCUT2D eigenvalue weighted by Crippen LogP contribution is 2.28. The van der Waals surface area contributed by atoms with Gasteiger partial charge in [-0.05, 0) is 38.0 Å². The summed E-state index contributed by atoms with van der Waals surface area (Å²) in [6, 6.07) is -0.809. The first-order valence-electron chi connectivity index (χ1n) is 5.98. The molecule has 1 saturated carbocycles. The smallest absolute Gasteiger partial charge is 0.407 e. The van der Waals surface area contributed by atoms with Crippen LogP contribution in [-0.4, -0.2) is 36.4 Å². The predicted octanol–water partition coefficient (Wildman–Crippen LogP) is 0.705. The van der Waals surface area contributed by atoms with Crippen molar-refractivity contribution in [2.24, 2.45) is 11.7 Å². The first-order valence-corrected chi connectivity index (χ1v) is 5.98. The summed E-state index contributed by atoms with van der Waals surface area (Å²) in [6.07, 6.45) is 3.73. The van der Waals surface area contributed by atoms with Gasteiger partial charge in [0.1, 0.15) is 6.04 Å². The molecule has 1 fully saturated rings. The number of carbonyl (C=O) groups is 2. The van der Waals surface area contributed by atoms with Crippen molar-refractivity contribution in [2.75, 3.05) is 13.2 Å². The molecule has 0 saturated heterocycles. The zero-order valence-electron chi connectivity index (χ0n) is 9.85. The number of carboxylic acid groups (broad SMARTS) is 1. The highest BCUT2D eigenvalue weighted by molar-refractivity contribution is 5.72. The van der Waals surface area contributed by atoms with Crippen LogP contribution >= 0.6 is 0 Å². The number of nitrogens with two attached hydrogens (primary N) is 1. The van der Waals surface area contributed by atoms with E-state index in [2.05, 4.69) is 5.32 Å². The maximum absolute atomic E-state index is 11.1. The van der Waals surface area contributed by atoms with Crippen LogP contribution in [0.15, 0.2) is 0 Å². The Morgan fingerprint density at radius 2 is 2.12 bits per heavy atom. The zero-order valence-corrected chi connectivity index (χ0v) is 9.85. The first-order chi connectivity index (χ1) is 8.09. The van der Waals surface area contributed by atoms with Gasteiger partial charge in [0.15, 0.2) is 0 Å². The van der Waals surface area contributed by atoms with Gasteiger partial charge in [-0.1, -0.05) is 0 Å². The second kappa shape index (κ2) is 7.11. The number of hydrogen-bond acceptors (Lipinski definition) is 4. The average molecular weight is 244 g/mol. The predicted molar refractivity (Wildman–Crippen MR) is 61.5 cm³/mol. The van der Waals surface area contributed by atoms with Crippen molar-refractivity contribution >= 4 is 12.1 Å². The van der Waals surface area contributed by atoms with Gasteiger partial charge in [-0.3, -0.25) is 4.79 Å². The van der Waals surface area contributed by atoms with Crippen molar-refractivity contribution < 1.29 is 19.4 Å². The first kappa shape index (κ1) is 13.8. The number of amides is 1. The van der Waals surface area contributed by atoms with Crippen molar-refractivity contribution in [1.82, 2.24) is 5.32 Å². The van der Waals surface area contributed by atoms with Crippen molar-refractivity contribution in [3.8, 4) is 0 Å². The van der Waals surface area contributed by atoms with E-state index >= 15 is 0 Å². The molecule has 0 aromatic rings. The van der Waals surface area contributed by atoms with E-state index in [0.717, 1.165) is 12.8 Å². The van der Waals surface area contributed by atoms with E-state index in [4.69, 9.17) is 15.6 Å². The fourth-order valence-corrected chi connectivity index (χ4v) is 1.33. The summed E-state index contributed by atoms with van der Waals surface area (Å²) in [5.74, 6) is -0.420. The summed E-state index contributed by atoms with van der Waals surface area (Å²) < 4.78 is 4.96. The number of ether oxygens (including phenoxy) is 1. The van der Waals surface area contributed by atoms with Gasteiger partial charge < -0.3 is 20.9 Å². The van der Waals surface area contributed by atoms with E-state index in [1.165, 1.54) is 0 Å². The molecule has 1 unspecified atom stereocenters. The summed E-state index contributed by atoms with van der Waals surface area (Å²) in [7, 11) is 0. The Morgan fingerprint density at radius 3 is 2.71 bits per heavy atom. The Morgan fingerprint density at radius 1 is 1.41 bits per heavy atom. The standard InChI is InChI=1S/C11H20N2O4/c12-9(10(14)15)3-1-2-6-13-11(16)17-7-8-4-5-8/h8-9H,1-7,12H2,(H,13,16)(H,14,15). The second-order valence-corrected chi connectivity index (χ2v) is 4.41. The molecule has 1 aliphatic carbocycles. The molecular weight excluding hydrogens is 224 g/mol. The topological polar surface area (TPSA) is 102 Å². The molecule has 0 aliphatic heterocycles. The van der Waals surface area contributed by atoms with Gasteiger partial charge in [-0.2, -0.15) is 0 Å². The molecule has 17 heavy (non-hydrogen) atoms. The number of alkyl carbamates (subject to hydrolysis) is 1. The van der Waals surface area contributed by atoms with Gasteiger partial charge in [0, 0.05) is 6.54 Å². The maximum atomic E-state index is 11.1. The quantitative estimate of drug-likeness (QED) is 0.546. The molecule has 6 nitrogen and oxygen atoms in total. The van der Waals surface area contributed by atoms with E-state index < -0.39 is 12.0 Å². The molecule has 1 rings (SSSR count). The Balaban J connectivity index is 1.88. The van der Waals surface area contributed by atoms with Crippen LogP contribution in [0.5, 0.6) is 0 Å². The third kappa shape index (κ3) is 6.78. The zero-order chi connectivity index (χ0) is 12.7. The van der Waals surface area contributed by atoms with Gasteiger partial charge in [-0.25, -0.2) is 4.79 Å². The number of nitrogens with one attached hydrogen (secondary N) is 1. The molecular formula is C11H20N2O4. The summed E-state index contributed by atoms with van der Waals surface area (Å²) in [4.78, 5) is 21.5. The fraction of sp³-hybridized carbons (Fsp3) is 0.818. The largest absolute Gasteiger partial charge is 0.480 e. The third-order valence-corrected chi connectivity index (χ3v) is 2.68. The van der Waals surface area contributed by atoms with Crippen LogP contribution in [0.3, 0.4) is 0 Å². The van der Waals surface area contributed by atoms with Gasteiger partial charge in [0.05, 0.1) is 6.61 Å². The minimum absolute atomic E-state index is 0.389. The lowest BCUT2D eigenvalue weighted by atomic mass is 10.1. The van der Waals surface area contributed by atoms with Crippen LogP contribution in [0.2, 0.25) is 0 Å². The molecule has 98 valence electrons. The lowest BCUT2D eigenvalue weighted by Gasteiger charge is -2.07. The maximum Gasteiger partial charge on any atom is 0.407 e. The number of carboxylic acids is 1. The Bertz CT molecular complexity index is 266. The summed E-state index contributed by atoms with van der Waals surface area (Å²) in [5.41, 5.74) is 5.33. The van der Waals surface area contributed by atoms with E-state index in [1.807, 2.05) is 0 Å². The van der Waals surface area contributed by atoms with E-state index in [0.29, 0.717) is 38.3 Å². The van der Waals surface area contributed by atoms with E-state index in [-0.39, 0.29) is 6.09 Å². The normalized spacial score (nSPS) is 16.3. The molecule has 0 aromatic carbocycles. The molecule has 0 aromatic heterocycles. The number of carbonyl (C=O) groups excluding carboxylic acids is 1.